The van der Waals surface area contributed by atoms with E-state index in [-0.39, 0.29) is 23.4 Å². The van der Waals surface area contributed by atoms with Crippen molar-refractivity contribution >= 4 is 35.2 Å². The zero-order chi connectivity index (χ0) is 17.7. The second-order valence-electron chi connectivity index (χ2n) is 6.38. The zero-order valence-corrected chi connectivity index (χ0v) is 14.8. The van der Waals surface area contributed by atoms with Crippen LogP contribution in [0.3, 0.4) is 0 Å². The van der Waals surface area contributed by atoms with E-state index in [9.17, 15) is 14.4 Å². The smallest absolute Gasteiger partial charge is 0.344 e. The number of imide groups is 1. The third kappa shape index (κ3) is 4.14. The van der Waals surface area contributed by atoms with Crippen molar-refractivity contribution in [3.63, 3.8) is 0 Å². The number of carbonyl (C=O) groups excluding carboxylic acids is 3. The largest absolute Gasteiger partial charge is 0.469 e. The van der Waals surface area contributed by atoms with Gasteiger partial charge >= 0.3 is 12.0 Å². The summed E-state index contributed by atoms with van der Waals surface area (Å²) in [5.74, 6) is -0.00348. The molecule has 0 aromatic carbocycles. The van der Waals surface area contributed by atoms with Crippen LogP contribution in [-0.2, 0) is 14.3 Å². The van der Waals surface area contributed by atoms with E-state index in [1.807, 2.05) is 0 Å². The summed E-state index contributed by atoms with van der Waals surface area (Å²) in [6.45, 7) is 2.59. The molecule has 0 bridgehead atoms. The summed E-state index contributed by atoms with van der Waals surface area (Å²) in [5, 5.41) is 6.80. The number of urea groups is 1. The van der Waals surface area contributed by atoms with Gasteiger partial charge in [-0.15, -0.1) is 0 Å². The number of rotatable bonds is 5. The first-order valence-corrected chi connectivity index (χ1v) is 8.57. The maximum Gasteiger partial charge on any atom is 0.344 e. The molecule has 9 heteroatoms. The van der Waals surface area contributed by atoms with Crippen molar-refractivity contribution in [3.8, 4) is 0 Å². The number of esters is 1. The Morgan fingerprint density at radius 2 is 2.08 bits per heavy atom. The minimum absolute atomic E-state index is 0.171. The van der Waals surface area contributed by atoms with E-state index < -0.39 is 11.6 Å². The summed E-state index contributed by atoms with van der Waals surface area (Å²) < 4.78 is 4.54. The number of amides is 3. The number of methoxy groups -OCH3 is 1. The molecular formula is C15H24N4O4S. The van der Waals surface area contributed by atoms with Crippen LogP contribution in [0.4, 0.5) is 4.79 Å². The fourth-order valence-electron chi connectivity index (χ4n) is 2.99. The lowest BCUT2D eigenvalue weighted by Crippen LogP contribution is -2.53. The van der Waals surface area contributed by atoms with Crippen molar-refractivity contribution in [2.24, 2.45) is 5.92 Å². The minimum atomic E-state index is -0.795. The molecule has 1 heterocycles. The van der Waals surface area contributed by atoms with Gasteiger partial charge in [0.1, 0.15) is 5.54 Å². The van der Waals surface area contributed by atoms with Crippen LogP contribution >= 0.6 is 12.2 Å². The Kier molecular flexibility index (Phi) is 5.98. The molecule has 1 aliphatic heterocycles. The zero-order valence-electron chi connectivity index (χ0n) is 14.0. The Labute approximate surface area is 146 Å². The third-order valence-electron chi connectivity index (χ3n) is 4.57. The fourth-order valence-corrected chi connectivity index (χ4v) is 3.19. The molecule has 0 radical (unpaired) electrons. The molecule has 2 fully saturated rings. The summed E-state index contributed by atoms with van der Waals surface area (Å²) in [4.78, 5) is 35.8. The Balaban J connectivity index is 1.82. The number of carbonyl (C=O) groups is 3. The predicted molar refractivity (Wildman–Crippen MR) is 90.7 cm³/mol. The highest BCUT2D eigenvalue weighted by molar-refractivity contribution is 7.80. The molecule has 1 spiro atoms. The number of nitrogens with zero attached hydrogens (tertiary/aromatic N) is 1. The maximum absolute atomic E-state index is 12.6. The molecule has 0 aromatic heterocycles. The first kappa shape index (κ1) is 18.4. The molecule has 1 saturated carbocycles. The van der Waals surface area contributed by atoms with Crippen LogP contribution in [0.2, 0.25) is 0 Å². The molecular weight excluding hydrogens is 332 g/mol. The molecule has 0 aromatic rings. The fraction of sp³-hybridized carbons (Fsp3) is 0.733. The van der Waals surface area contributed by atoms with Crippen molar-refractivity contribution in [1.29, 1.82) is 0 Å². The number of thiocarbonyl (C=S) groups is 1. The average molecular weight is 356 g/mol. The molecule has 1 saturated heterocycles. The molecule has 134 valence electrons. The van der Waals surface area contributed by atoms with Crippen molar-refractivity contribution in [1.82, 2.24) is 21.1 Å². The predicted octanol–water partition coefficient (Wildman–Crippen LogP) is 0.819. The van der Waals surface area contributed by atoms with Crippen LogP contribution < -0.4 is 16.1 Å². The lowest BCUT2D eigenvalue weighted by molar-refractivity contribution is -0.140. The van der Waals surface area contributed by atoms with E-state index in [1.54, 1.807) is 0 Å². The minimum Gasteiger partial charge on any atom is -0.469 e. The number of ether oxygens (including phenoxy) is 1. The van der Waals surface area contributed by atoms with E-state index in [2.05, 4.69) is 27.7 Å². The van der Waals surface area contributed by atoms with Crippen LogP contribution in [-0.4, -0.2) is 47.2 Å². The summed E-state index contributed by atoms with van der Waals surface area (Å²) in [5.41, 5.74) is 1.84. The second-order valence-corrected chi connectivity index (χ2v) is 6.79. The lowest BCUT2D eigenvalue weighted by atomic mass is 9.77. The van der Waals surface area contributed by atoms with Gasteiger partial charge in [0.15, 0.2) is 5.11 Å². The van der Waals surface area contributed by atoms with Crippen LogP contribution in [0, 0.1) is 5.92 Å². The van der Waals surface area contributed by atoms with Gasteiger partial charge in [0.05, 0.1) is 7.11 Å². The maximum atomic E-state index is 12.6. The molecule has 3 amide bonds. The number of hydrazine groups is 1. The molecule has 0 atom stereocenters. The first-order valence-electron chi connectivity index (χ1n) is 8.16. The highest BCUT2D eigenvalue weighted by Gasteiger charge is 2.52. The quantitative estimate of drug-likeness (QED) is 0.290. The van der Waals surface area contributed by atoms with Crippen LogP contribution in [0.15, 0.2) is 0 Å². The van der Waals surface area contributed by atoms with Crippen molar-refractivity contribution < 1.29 is 19.1 Å². The van der Waals surface area contributed by atoms with Crippen molar-refractivity contribution in [2.45, 2.75) is 51.0 Å². The van der Waals surface area contributed by atoms with Crippen LogP contribution in [0.5, 0.6) is 0 Å². The number of hydrogen-bond donors (Lipinski definition) is 3. The standard InChI is InChI=1S/C15H24N4O4S/c1-10-5-7-15(8-6-10)12(21)19(14(22)17-15)18-13(24)16-9-3-4-11(20)23-2/h10H,3-9H2,1-2H3,(H,17,22)(H2,16,18,24). The third-order valence-corrected chi connectivity index (χ3v) is 4.81. The van der Waals surface area contributed by atoms with Crippen molar-refractivity contribution in [2.75, 3.05) is 13.7 Å². The molecule has 2 aliphatic rings. The molecule has 3 N–H and O–H groups in total. The molecule has 1 aliphatic carbocycles. The van der Waals surface area contributed by atoms with Gasteiger partial charge in [-0.1, -0.05) is 6.92 Å². The highest BCUT2D eigenvalue weighted by Crippen LogP contribution is 2.35. The van der Waals surface area contributed by atoms with E-state index in [0.29, 0.717) is 31.7 Å². The monoisotopic (exact) mass is 356 g/mol. The first-order chi connectivity index (χ1) is 11.4. The van der Waals surface area contributed by atoms with Gasteiger partial charge in [0, 0.05) is 13.0 Å². The van der Waals surface area contributed by atoms with Crippen LogP contribution in [0.25, 0.3) is 0 Å². The Morgan fingerprint density at radius 3 is 2.71 bits per heavy atom. The lowest BCUT2D eigenvalue weighted by Gasteiger charge is -2.33. The SMILES string of the molecule is COC(=O)CCCNC(=S)NN1C(=O)NC2(CCC(C)CC2)C1=O. The van der Waals surface area contributed by atoms with Gasteiger partial charge in [0.25, 0.3) is 5.91 Å². The van der Waals surface area contributed by atoms with Gasteiger partial charge in [-0.25, -0.2) is 4.79 Å². The molecule has 8 nitrogen and oxygen atoms in total. The van der Waals surface area contributed by atoms with Crippen molar-refractivity contribution in [3.05, 3.63) is 0 Å². The van der Waals surface area contributed by atoms with Gasteiger partial charge < -0.3 is 15.4 Å². The van der Waals surface area contributed by atoms with Gasteiger partial charge in [-0.05, 0) is 50.2 Å². The van der Waals surface area contributed by atoms with Gasteiger partial charge in [0.2, 0.25) is 0 Å². The van der Waals surface area contributed by atoms with E-state index in [0.717, 1.165) is 17.9 Å². The van der Waals surface area contributed by atoms with Crippen LogP contribution in [0.1, 0.15) is 45.4 Å². The Morgan fingerprint density at radius 1 is 1.42 bits per heavy atom. The van der Waals surface area contributed by atoms with E-state index in [1.165, 1.54) is 7.11 Å². The van der Waals surface area contributed by atoms with E-state index >= 15 is 0 Å². The van der Waals surface area contributed by atoms with Gasteiger partial charge in [-0.3, -0.25) is 15.0 Å². The molecule has 2 rings (SSSR count). The Hall–Kier alpha value is -1.90. The topological polar surface area (TPSA) is 99.8 Å². The summed E-state index contributed by atoms with van der Waals surface area (Å²) in [6, 6.07) is -0.478. The Bertz CT molecular complexity index is 532. The summed E-state index contributed by atoms with van der Waals surface area (Å²) >= 11 is 5.10. The summed E-state index contributed by atoms with van der Waals surface area (Å²) in [6.07, 6.45) is 3.94. The van der Waals surface area contributed by atoms with E-state index in [4.69, 9.17) is 12.2 Å². The second kappa shape index (κ2) is 7.78. The normalized spacial score (nSPS) is 26.2. The number of nitrogens with one attached hydrogen (secondary N) is 3. The average Bonchev–Trinajstić information content (AvgIpc) is 2.78. The highest BCUT2D eigenvalue weighted by atomic mass is 32.1. The molecule has 0 unspecified atom stereocenters. The molecule has 24 heavy (non-hydrogen) atoms. The van der Waals surface area contributed by atoms with Gasteiger partial charge in [-0.2, -0.15) is 5.01 Å². The summed E-state index contributed by atoms with van der Waals surface area (Å²) in [7, 11) is 1.33. The number of hydrogen-bond acceptors (Lipinski definition) is 5.